The molecule has 1 heterocycles. The Morgan fingerprint density at radius 3 is 2.61 bits per heavy atom. The Bertz CT molecular complexity index is 308. The molecule has 2 aliphatic rings. The van der Waals surface area contributed by atoms with Gasteiger partial charge in [-0.05, 0) is 43.9 Å². The van der Waals surface area contributed by atoms with Crippen molar-refractivity contribution in [1.29, 1.82) is 0 Å². The fraction of sp³-hybridized carbons (Fsp3) is 1.00. The standard InChI is InChI=1S/C14H28BNO2/c1-10(2)8-12(16)15-17-11-6-7-13(3,4)9-14(11,5)18-15/h10-12H,6-9,16H2,1-5H3/t11-,12?,14+/m1/s1. The van der Waals surface area contributed by atoms with Gasteiger partial charge in [0.15, 0.2) is 0 Å². The molecule has 1 saturated heterocycles. The van der Waals surface area contributed by atoms with Gasteiger partial charge in [-0.1, -0.05) is 27.7 Å². The predicted molar refractivity (Wildman–Crippen MR) is 75.2 cm³/mol. The van der Waals surface area contributed by atoms with E-state index in [2.05, 4.69) is 34.6 Å². The van der Waals surface area contributed by atoms with Gasteiger partial charge in [0.25, 0.3) is 0 Å². The number of hydrogen-bond acceptors (Lipinski definition) is 3. The molecule has 0 spiro atoms. The normalized spacial score (nSPS) is 36.8. The lowest BCUT2D eigenvalue weighted by Crippen LogP contribution is -2.46. The third kappa shape index (κ3) is 2.92. The van der Waals surface area contributed by atoms with Crippen molar-refractivity contribution in [2.75, 3.05) is 0 Å². The van der Waals surface area contributed by atoms with Crippen molar-refractivity contribution in [1.82, 2.24) is 0 Å². The van der Waals surface area contributed by atoms with E-state index in [4.69, 9.17) is 15.0 Å². The molecule has 104 valence electrons. The van der Waals surface area contributed by atoms with Gasteiger partial charge in [0, 0.05) is 5.94 Å². The second kappa shape index (κ2) is 4.80. The van der Waals surface area contributed by atoms with Crippen molar-refractivity contribution in [2.45, 2.75) is 77.9 Å². The topological polar surface area (TPSA) is 44.5 Å². The zero-order valence-corrected chi connectivity index (χ0v) is 12.5. The van der Waals surface area contributed by atoms with Gasteiger partial charge in [0.2, 0.25) is 0 Å². The van der Waals surface area contributed by atoms with Crippen LogP contribution in [0.25, 0.3) is 0 Å². The molecule has 0 bridgehead atoms. The van der Waals surface area contributed by atoms with E-state index in [0.717, 1.165) is 19.3 Å². The molecule has 0 amide bonds. The molecule has 0 radical (unpaired) electrons. The molecule has 3 nitrogen and oxygen atoms in total. The highest BCUT2D eigenvalue weighted by Gasteiger charge is 2.54. The van der Waals surface area contributed by atoms with Crippen LogP contribution in [0.5, 0.6) is 0 Å². The van der Waals surface area contributed by atoms with Crippen LogP contribution in [0.2, 0.25) is 0 Å². The van der Waals surface area contributed by atoms with Crippen LogP contribution in [0, 0.1) is 11.3 Å². The summed E-state index contributed by atoms with van der Waals surface area (Å²) in [6.45, 7) is 11.2. The van der Waals surface area contributed by atoms with E-state index >= 15 is 0 Å². The Morgan fingerprint density at radius 1 is 1.33 bits per heavy atom. The second-order valence-corrected chi connectivity index (χ2v) is 7.60. The summed E-state index contributed by atoms with van der Waals surface area (Å²) in [5.74, 6) is 0.578. The number of nitrogens with two attached hydrogens (primary N) is 1. The molecule has 1 aliphatic heterocycles. The van der Waals surface area contributed by atoms with E-state index in [0.29, 0.717) is 11.3 Å². The molecule has 18 heavy (non-hydrogen) atoms. The van der Waals surface area contributed by atoms with Gasteiger partial charge in [-0.3, -0.25) is 0 Å². The van der Waals surface area contributed by atoms with Gasteiger partial charge in [0.05, 0.1) is 11.7 Å². The zero-order valence-electron chi connectivity index (χ0n) is 12.5. The molecule has 2 fully saturated rings. The number of hydrogen-bond donors (Lipinski definition) is 1. The maximum Gasteiger partial charge on any atom is 0.475 e. The van der Waals surface area contributed by atoms with E-state index in [1.54, 1.807) is 0 Å². The summed E-state index contributed by atoms with van der Waals surface area (Å²) in [5.41, 5.74) is 6.43. The Morgan fingerprint density at radius 2 is 2.00 bits per heavy atom. The Kier molecular flexibility index (Phi) is 3.83. The van der Waals surface area contributed by atoms with Gasteiger partial charge < -0.3 is 15.0 Å². The van der Waals surface area contributed by atoms with E-state index in [1.807, 2.05) is 0 Å². The maximum atomic E-state index is 6.21. The average Bonchev–Trinajstić information content (AvgIpc) is 2.51. The lowest BCUT2D eigenvalue weighted by atomic mass is 9.69. The van der Waals surface area contributed by atoms with Crippen LogP contribution in [0.1, 0.15) is 60.3 Å². The first-order valence-corrected chi connectivity index (χ1v) is 7.31. The molecule has 0 aromatic rings. The molecule has 4 heteroatoms. The summed E-state index contributed by atoms with van der Waals surface area (Å²) in [4.78, 5) is 0. The molecular formula is C14H28BNO2. The van der Waals surface area contributed by atoms with Crippen LogP contribution in [0.3, 0.4) is 0 Å². The van der Waals surface area contributed by atoms with Crippen LogP contribution >= 0.6 is 0 Å². The summed E-state index contributed by atoms with van der Waals surface area (Å²) in [5, 5.41) is 0. The minimum atomic E-state index is -0.212. The average molecular weight is 253 g/mol. The van der Waals surface area contributed by atoms with Crippen molar-refractivity contribution in [3.05, 3.63) is 0 Å². The number of fused-ring (bicyclic) bond motifs is 1. The van der Waals surface area contributed by atoms with E-state index in [-0.39, 0.29) is 24.8 Å². The highest BCUT2D eigenvalue weighted by molar-refractivity contribution is 6.47. The quantitative estimate of drug-likeness (QED) is 0.786. The van der Waals surface area contributed by atoms with Crippen molar-refractivity contribution in [3.63, 3.8) is 0 Å². The second-order valence-electron chi connectivity index (χ2n) is 7.60. The molecule has 1 saturated carbocycles. The molecule has 2 N–H and O–H groups in total. The smallest absolute Gasteiger partial charge is 0.404 e. The third-order valence-electron chi connectivity index (χ3n) is 4.37. The van der Waals surface area contributed by atoms with Gasteiger partial charge in [-0.25, -0.2) is 0 Å². The van der Waals surface area contributed by atoms with Crippen LogP contribution in [0.4, 0.5) is 0 Å². The molecule has 3 atom stereocenters. The summed E-state index contributed by atoms with van der Waals surface area (Å²) in [6.07, 6.45) is 4.55. The Hall–Kier alpha value is -0.0551. The highest BCUT2D eigenvalue weighted by Crippen LogP contribution is 2.47. The molecule has 1 unspecified atom stereocenters. The molecule has 1 aliphatic carbocycles. The first-order valence-electron chi connectivity index (χ1n) is 7.31. The minimum absolute atomic E-state index is 0.00413. The Balaban J connectivity index is 2.01. The molecule has 0 aromatic carbocycles. The molecular weight excluding hydrogens is 225 g/mol. The van der Waals surface area contributed by atoms with E-state index < -0.39 is 0 Å². The minimum Gasteiger partial charge on any atom is -0.404 e. The van der Waals surface area contributed by atoms with Crippen molar-refractivity contribution < 1.29 is 9.31 Å². The first-order chi connectivity index (χ1) is 8.22. The zero-order chi connectivity index (χ0) is 13.6. The number of rotatable bonds is 3. The van der Waals surface area contributed by atoms with Crippen LogP contribution in [-0.2, 0) is 9.31 Å². The molecule has 0 aromatic heterocycles. The first kappa shape index (κ1) is 14.4. The van der Waals surface area contributed by atoms with E-state index in [9.17, 15) is 0 Å². The SMILES string of the molecule is CC(C)CC(N)B1O[C@@H]2CCC(C)(C)C[C@]2(C)O1. The van der Waals surface area contributed by atoms with Gasteiger partial charge in [-0.15, -0.1) is 0 Å². The van der Waals surface area contributed by atoms with Gasteiger partial charge in [-0.2, -0.15) is 0 Å². The van der Waals surface area contributed by atoms with Crippen LogP contribution < -0.4 is 5.73 Å². The predicted octanol–water partition coefficient (Wildman–Crippen LogP) is 2.77. The summed E-state index contributed by atoms with van der Waals surface area (Å²) in [7, 11) is -0.212. The Labute approximate surface area is 112 Å². The fourth-order valence-electron chi connectivity index (χ4n) is 3.61. The maximum absolute atomic E-state index is 6.21. The third-order valence-corrected chi connectivity index (χ3v) is 4.37. The van der Waals surface area contributed by atoms with Crippen molar-refractivity contribution in [2.24, 2.45) is 17.1 Å². The molecule has 2 rings (SSSR count). The highest BCUT2D eigenvalue weighted by atomic mass is 16.7. The lowest BCUT2D eigenvalue weighted by molar-refractivity contribution is -0.0298. The largest absolute Gasteiger partial charge is 0.475 e. The van der Waals surface area contributed by atoms with Gasteiger partial charge in [0.1, 0.15) is 0 Å². The van der Waals surface area contributed by atoms with E-state index in [1.165, 1.54) is 6.42 Å². The van der Waals surface area contributed by atoms with Crippen LogP contribution in [-0.4, -0.2) is 24.8 Å². The summed E-state index contributed by atoms with van der Waals surface area (Å²) in [6, 6.07) is 0. The fourth-order valence-corrected chi connectivity index (χ4v) is 3.61. The monoisotopic (exact) mass is 253 g/mol. The summed E-state index contributed by atoms with van der Waals surface area (Å²) < 4.78 is 12.3. The van der Waals surface area contributed by atoms with Crippen molar-refractivity contribution >= 4 is 7.12 Å². The van der Waals surface area contributed by atoms with Crippen LogP contribution in [0.15, 0.2) is 0 Å². The van der Waals surface area contributed by atoms with Gasteiger partial charge >= 0.3 is 7.12 Å². The van der Waals surface area contributed by atoms with Crippen molar-refractivity contribution in [3.8, 4) is 0 Å². The lowest BCUT2D eigenvalue weighted by Gasteiger charge is -2.43. The summed E-state index contributed by atoms with van der Waals surface area (Å²) >= 11 is 0.